The first-order chi connectivity index (χ1) is 12.3. The molecular formula is C20H17N3O2. The molecule has 25 heavy (non-hydrogen) atoms. The first kappa shape index (κ1) is 15.2. The Hall–Kier alpha value is -3.34. The number of ether oxygens (including phenoxy) is 1. The average molecular weight is 331 g/mol. The van der Waals surface area contributed by atoms with Crippen molar-refractivity contribution in [2.75, 3.05) is 13.2 Å². The van der Waals surface area contributed by atoms with Gasteiger partial charge < -0.3 is 15.0 Å². The Morgan fingerprint density at radius 3 is 2.80 bits per heavy atom. The van der Waals surface area contributed by atoms with Crippen LogP contribution in [-0.2, 0) is 0 Å². The molecule has 5 heteroatoms. The molecule has 1 amide bonds. The molecule has 0 spiro atoms. The number of H-pyrrole nitrogens is 1. The summed E-state index contributed by atoms with van der Waals surface area (Å²) in [4.78, 5) is 19.7. The first-order valence-electron chi connectivity index (χ1n) is 8.14. The van der Waals surface area contributed by atoms with E-state index in [2.05, 4.69) is 15.3 Å². The van der Waals surface area contributed by atoms with Crippen LogP contribution in [0.25, 0.3) is 21.8 Å². The molecule has 0 aliphatic heterocycles. The van der Waals surface area contributed by atoms with Crippen LogP contribution in [0.3, 0.4) is 0 Å². The molecule has 0 fully saturated rings. The number of nitrogens with one attached hydrogen (secondary N) is 2. The van der Waals surface area contributed by atoms with Crippen LogP contribution >= 0.6 is 0 Å². The minimum Gasteiger partial charge on any atom is -0.489 e. The normalized spacial score (nSPS) is 10.9. The van der Waals surface area contributed by atoms with Crippen LogP contribution in [0.15, 0.2) is 66.9 Å². The standard InChI is InChI=1S/C20H17N3O2/c24-20(17-13-15-5-1-2-8-16(15)23-17)22-11-12-25-18-9-3-6-14-7-4-10-21-19(14)18/h1-10,13,23H,11-12H2,(H,22,24). The minimum atomic E-state index is -0.143. The lowest BCUT2D eigenvalue weighted by Crippen LogP contribution is -2.28. The van der Waals surface area contributed by atoms with Crippen LogP contribution in [0.5, 0.6) is 5.75 Å². The van der Waals surface area contributed by atoms with E-state index < -0.39 is 0 Å². The highest BCUT2D eigenvalue weighted by Gasteiger charge is 2.09. The molecule has 0 aliphatic rings. The molecule has 5 nitrogen and oxygen atoms in total. The SMILES string of the molecule is O=C(NCCOc1cccc2cccnc12)c1cc2ccccc2[nH]1. The third-order valence-corrected chi connectivity index (χ3v) is 4.02. The fraction of sp³-hybridized carbons (Fsp3) is 0.100. The summed E-state index contributed by atoms with van der Waals surface area (Å²) >= 11 is 0. The summed E-state index contributed by atoms with van der Waals surface area (Å²) in [6.07, 6.45) is 1.74. The van der Waals surface area contributed by atoms with Crippen molar-refractivity contribution in [3.8, 4) is 5.75 Å². The Labute approximate surface area is 144 Å². The molecule has 2 aromatic heterocycles. The Bertz CT molecular complexity index is 1000. The van der Waals surface area contributed by atoms with Crippen molar-refractivity contribution in [1.29, 1.82) is 0 Å². The molecule has 0 saturated heterocycles. The summed E-state index contributed by atoms with van der Waals surface area (Å²) in [5.41, 5.74) is 2.32. The van der Waals surface area contributed by atoms with Gasteiger partial charge in [0.25, 0.3) is 5.91 Å². The van der Waals surface area contributed by atoms with Gasteiger partial charge in [-0.25, -0.2) is 0 Å². The van der Waals surface area contributed by atoms with Gasteiger partial charge in [-0.1, -0.05) is 36.4 Å². The van der Waals surface area contributed by atoms with Crippen molar-refractivity contribution in [3.63, 3.8) is 0 Å². The number of para-hydroxylation sites is 2. The summed E-state index contributed by atoms with van der Waals surface area (Å²) in [6.45, 7) is 0.791. The zero-order valence-electron chi connectivity index (χ0n) is 13.5. The number of fused-ring (bicyclic) bond motifs is 2. The number of carbonyl (C=O) groups is 1. The number of hydrogen-bond acceptors (Lipinski definition) is 3. The average Bonchev–Trinajstić information content (AvgIpc) is 3.09. The van der Waals surface area contributed by atoms with Gasteiger partial charge in [0.15, 0.2) is 0 Å². The fourth-order valence-electron chi connectivity index (χ4n) is 2.81. The quantitative estimate of drug-likeness (QED) is 0.550. The van der Waals surface area contributed by atoms with E-state index in [4.69, 9.17) is 4.74 Å². The van der Waals surface area contributed by atoms with Crippen molar-refractivity contribution in [1.82, 2.24) is 15.3 Å². The molecule has 4 rings (SSSR count). The molecule has 2 N–H and O–H groups in total. The molecule has 0 radical (unpaired) electrons. The number of pyridine rings is 1. The van der Waals surface area contributed by atoms with Gasteiger partial charge in [0.05, 0.1) is 6.54 Å². The van der Waals surface area contributed by atoms with Gasteiger partial charge in [-0.05, 0) is 24.3 Å². The number of benzene rings is 2. The zero-order valence-corrected chi connectivity index (χ0v) is 13.5. The van der Waals surface area contributed by atoms with Crippen molar-refractivity contribution < 1.29 is 9.53 Å². The maximum absolute atomic E-state index is 12.2. The van der Waals surface area contributed by atoms with E-state index in [0.29, 0.717) is 18.8 Å². The molecule has 0 bridgehead atoms. The largest absolute Gasteiger partial charge is 0.489 e. The molecule has 0 aliphatic carbocycles. The lowest BCUT2D eigenvalue weighted by molar-refractivity contribution is 0.0943. The van der Waals surface area contributed by atoms with Gasteiger partial charge in [0.2, 0.25) is 0 Å². The van der Waals surface area contributed by atoms with Crippen LogP contribution in [0.1, 0.15) is 10.5 Å². The summed E-state index contributed by atoms with van der Waals surface area (Å²) in [7, 11) is 0. The molecule has 0 saturated carbocycles. The van der Waals surface area contributed by atoms with Crippen molar-refractivity contribution in [2.24, 2.45) is 0 Å². The van der Waals surface area contributed by atoms with Gasteiger partial charge in [-0.3, -0.25) is 9.78 Å². The van der Waals surface area contributed by atoms with E-state index in [1.54, 1.807) is 6.20 Å². The maximum atomic E-state index is 12.2. The monoisotopic (exact) mass is 331 g/mol. The Morgan fingerprint density at radius 2 is 1.88 bits per heavy atom. The lowest BCUT2D eigenvalue weighted by Gasteiger charge is -2.09. The third kappa shape index (κ3) is 3.17. The number of hydrogen-bond donors (Lipinski definition) is 2. The van der Waals surface area contributed by atoms with Crippen LogP contribution in [-0.4, -0.2) is 29.0 Å². The van der Waals surface area contributed by atoms with Crippen LogP contribution in [0.2, 0.25) is 0 Å². The Kier molecular flexibility index (Phi) is 4.04. The zero-order chi connectivity index (χ0) is 17.1. The van der Waals surface area contributed by atoms with Gasteiger partial charge in [0.1, 0.15) is 23.6 Å². The second kappa shape index (κ2) is 6.65. The first-order valence-corrected chi connectivity index (χ1v) is 8.14. The highest BCUT2D eigenvalue weighted by Crippen LogP contribution is 2.22. The van der Waals surface area contributed by atoms with E-state index in [9.17, 15) is 4.79 Å². The third-order valence-electron chi connectivity index (χ3n) is 4.02. The number of carbonyl (C=O) groups excluding carboxylic acids is 1. The topological polar surface area (TPSA) is 67.0 Å². The molecule has 0 unspecified atom stereocenters. The van der Waals surface area contributed by atoms with E-state index >= 15 is 0 Å². The van der Waals surface area contributed by atoms with Crippen LogP contribution in [0.4, 0.5) is 0 Å². The molecule has 2 heterocycles. The molecular weight excluding hydrogens is 314 g/mol. The van der Waals surface area contributed by atoms with Gasteiger partial charge in [0, 0.05) is 22.5 Å². The number of nitrogens with zero attached hydrogens (tertiary/aromatic N) is 1. The smallest absolute Gasteiger partial charge is 0.267 e. The number of aromatic nitrogens is 2. The fourth-order valence-corrected chi connectivity index (χ4v) is 2.81. The van der Waals surface area contributed by atoms with Crippen LogP contribution < -0.4 is 10.1 Å². The second-order valence-electron chi connectivity index (χ2n) is 5.71. The molecule has 2 aromatic carbocycles. The lowest BCUT2D eigenvalue weighted by atomic mass is 10.2. The van der Waals surface area contributed by atoms with E-state index in [1.165, 1.54) is 0 Å². The summed E-state index contributed by atoms with van der Waals surface area (Å²) in [5.74, 6) is 0.578. The predicted molar refractivity (Wildman–Crippen MR) is 97.9 cm³/mol. The highest BCUT2D eigenvalue weighted by molar-refractivity contribution is 5.97. The number of rotatable bonds is 5. The number of amides is 1. The Balaban J connectivity index is 1.36. The second-order valence-corrected chi connectivity index (χ2v) is 5.71. The van der Waals surface area contributed by atoms with Crippen molar-refractivity contribution in [3.05, 3.63) is 72.6 Å². The Morgan fingerprint density at radius 1 is 1.04 bits per heavy atom. The van der Waals surface area contributed by atoms with Gasteiger partial charge >= 0.3 is 0 Å². The van der Waals surface area contributed by atoms with Gasteiger partial charge in [-0.15, -0.1) is 0 Å². The maximum Gasteiger partial charge on any atom is 0.267 e. The number of aromatic amines is 1. The molecule has 124 valence electrons. The van der Waals surface area contributed by atoms with Crippen LogP contribution in [0, 0.1) is 0 Å². The van der Waals surface area contributed by atoms with Crippen molar-refractivity contribution in [2.45, 2.75) is 0 Å². The molecule has 4 aromatic rings. The summed E-state index contributed by atoms with van der Waals surface area (Å²) in [5, 5.41) is 4.91. The minimum absolute atomic E-state index is 0.143. The van der Waals surface area contributed by atoms with E-state index in [0.717, 1.165) is 27.6 Å². The molecule has 0 atom stereocenters. The predicted octanol–water partition coefficient (Wildman–Crippen LogP) is 3.52. The summed E-state index contributed by atoms with van der Waals surface area (Å²) < 4.78 is 5.78. The van der Waals surface area contributed by atoms with Crippen molar-refractivity contribution >= 4 is 27.7 Å². The summed E-state index contributed by atoms with van der Waals surface area (Å²) in [6, 6.07) is 19.3. The van der Waals surface area contributed by atoms with E-state index in [1.807, 2.05) is 60.7 Å². The highest BCUT2D eigenvalue weighted by atomic mass is 16.5. The van der Waals surface area contributed by atoms with Gasteiger partial charge in [-0.2, -0.15) is 0 Å². The van der Waals surface area contributed by atoms with E-state index in [-0.39, 0.29) is 5.91 Å².